The summed E-state index contributed by atoms with van der Waals surface area (Å²) in [5, 5.41) is 0. The maximum Gasteiger partial charge on any atom is 0.311 e. The van der Waals surface area contributed by atoms with Gasteiger partial charge < -0.3 is 9.64 Å². The Labute approximate surface area is 201 Å². The highest BCUT2D eigenvalue weighted by atomic mass is 16.5. The third kappa shape index (κ3) is 6.83. The van der Waals surface area contributed by atoms with Gasteiger partial charge in [-0.05, 0) is 68.5 Å². The van der Waals surface area contributed by atoms with Gasteiger partial charge in [-0.15, -0.1) is 0 Å². The van der Waals surface area contributed by atoms with Gasteiger partial charge in [-0.25, -0.2) is 0 Å². The first-order valence-electron chi connectivity index (χ1n) is 12.0. The molecule has 178 valence electrons. The second kappa shape index (κ2) is 11.4. The van der Waals surface area contributed by atoms with Gasteiger partial charge in [0.1, 0.15) is 6.61 Å². The van der Waals surface area contributed by atoms with Crippen LogP contribution in [0.3, 0.4) is 0 Å². The Kier molecular flexibility index (Phi) is 9.10. The molecule has 0 saturated carbocycles. The maximum atomic E-state index is 12.2. The van der Waals surface area contributed by atoms with Crippen molar-refractivity contribution >= 4 is 17.7 Å². The van der Waals surface area contributed by atoms with Crippen molar-refractivity contribution in [3.05, 3.63) is 83.4 Å². The first-order valence-corrected chi connectivity index (χ1v) is 12.0. The third-order valence-electron chi connectivity index (χ3n) is 6.77. The first kappa shape index (κ1) is 26.4. The second-order valence-electron chi connectivity index (χ2n) is 9.84. The number of ether oxygens (including phenoxy) is 1. The van der Waals surface area contributed by atoms with E-state index in [-0.39, 0.29) is 11.4 Å². The van der Waals surface area contributed by atoms with Gasteiger partial charge >= 0.3 is 5.97 Å². The Morgan fingerprint density at radius 1 is 1.03 bits per heavy atom. The van der Waals surface area contributed by atoms with Crippen molar-refractivity contribution in [1.82, 2.24) is 0 Å². The average Bonchev–Trinajstić information content (AvgIpc) is 2.80. The summed E-state index contributed by atoms with van der Waals surface area (Å²) in [6.07, 6.45) is 5.01. The highest BCUT2D eigenvalue weighted by Crippen LogP contribution is 2.33. The van der Waals surface area contributed by atoms with E-state index < -0.39 is 5.41 Å². The van der Waals surface area contributed by atoms with E-state index in [0.29, 0.717) is 13.2 Å². The molecule has 0 aromatic heterocycles. The van der Waals surface area contributed by atoms with Crippen molar-refractivity contribution < 1.29 is 9.53 Å². The number of aryl methyl sites for hydroxylation is 1. The number of carbonyl (C=O) groups is 1. The van der Waals surface area contributed by atoms with Gasteiger partial charge in [-0.1, -0.05) is 75.9 Å². The lowest BCUT2D eigenvalue weighted by Crippen LogP contribution is -2.31. The molecule has 0 saturated heterocycles. The molecule has 0 aliphatic rings. The van der Waals surface area contributed by atoms with Gasteiger partial charge in [0, 0.05) is 17.6 Å². The summed E-state index contributed by atoms with van der Waals surface area (Å²) in [4.78, 5) is 14.4. The van der Waals surface area contributed by atoms with E-state index in [2.05, 4.69) is 99.9 Å². The lowest BCUT2D eigenvalue weighted by atomic mass is 9.76. The average molecular weight is 448 g/mol. The van der Waals surface area contributed by atoms with Gasteiger partial charge in [-0.2, -0.15) is 0 Å². The zero-order chi connectivity index (χ0) is 24.6. The number of benzene rings is 2. The number of carbonyl (C=O) groups excluding carboxylic acids is 1. The molecule has 0 fully saturated rings. The molecule has 2 rings (SSSR count). The number of anilines is 1. The summed E-state index contributed by atoms with van der Waals surface area (Å²) in [5.74, 6) is -0.129. The van der Waals surface area contributed by atoms with Crippen molar-refractivity contribution in [3.63, 3.8) is 0 Å². The Balaban J connectivity index is 2.00. The van der Waals surface area contributed by atoms with Crippen LogP contribution in [0.25, 0.3) is 6.08 Å². The van der Waals surface area contributed by atoms with Gasteiger partial charge in [0.25, 0.3) is 0 Å². The van der Waals surface area contributed by atoms with Crippen LogP contribution in [0.2, 0.25) is 0 Å². The smallest absolute Gasteiger partial charge is 0.311 e. The molecule has 2 aromatic rings. The Hall–Kier alpha value is -2.81. The molecule has 0 radical (unpaired) electrons. The molecule has 0 heterocycles. The maximum absolute atomic E-state index is 12.2. The SMILES string of the molecule is C=C(/C=C/c1ccc(N(CC)CCOC(=O)C(C)(C)CC)cc1)C(C)(C)c1ccccc1C. The zero-order valence-electron chi connectivity index (χ0n) is 21.6. The van der Waals surface area contributed by atoms with E-state index in [4.69, 9.17) is 4.74 Å². The van der Waals surface area contributed by atoms with Crippen LogP contribution in [0.4, 0.5) is 5.69 Å². The molecule has 3 heteroatoms. The van der Waals surface area contributed by atoms with E-state index in [1.165, 1.54) is 11.1 Å². The van der Waals surface area contributed by atoms with Crippen LogP contribution in [-0.4, -0.2) is 25.7 Å². The number of hydrogen-bond donors (Lipinski definition) is 0. The predicted octanol–water partition coefficient (Wildman–Crippen LogP) is 7.35. The van der Waals surface area contributed by atoms with Crippen LogP contribution in [0.5, 0.6) is 0 Å². The van der Waals surface area contributed by atoms with E-state index in [1.54, 1.807) is 0 Å². The van der Waals surface area contributed by atoms with Gasteiger partial charge in [-0.3, -0.25) is 4.79 Å². The van der Waals surface area contributed by atoms with Gasteiger partial charge in [0.15, 0.2) is 0 Å². The summed E-state index contributed by atoms with van der Waals surface area (Å²) < 4.78 is 5.52. The molecule has 0 atom stereocenters. The highest BCUT2D eigenvalue weighted by molar-refractivity contribution is 5.75. The fourth-order valence-corrected chi connectivity index (χ4v) is 3.71. The second-order valence-corrected chi connectivity index (χ2v) is 9.84. The van der Waals surface area contributed by atoms with Crippen molar-refractivity contribution in [2.75, 3.05) is 24.6 Å². The molecule has 0 bridgehead atoms. The lowest BCUT2D eigenvalue weighted by Gasteiger charge is -2.28. The van der Waals surface area contributed by atoms with Crippen molar-refractivity contribution in [3.8, 4) is 0 Å². The number of likely N-dealkylation sites (N-methyl/N-ethyl adjacent to an activating group) is 1. The number of rotatable bonds is 11. The molecule has 0 amide bonds. The fraction of sp³-hybridized carbons (Fsp3) is 0.433. The molecule has 0 aliphatic carbocycles. The first-order chi connectivity index (χ1) is 15.5. The van der Waals surface area contributed by atoms with Crippen molar-refractivity contribution in [2.24, 2.45) is 5.41 Å². The number of allylic oxidation sites excluding steroid dienone is 2. The topological polar surface area (TPSA) is 29.5 Å². The largest absolute Gasteiger partial charge is 0.463 e. The molecule has 0 spiro atoms. The standard InChI is InChI=1S/C30H41NO2/c1-9-29(5,6)28(32)33-22-21-31(10-2)26-19-17-25(18-20-26)16-15-24(4)30(7,8)27-14-12-11-13-23(27)3/h11-20H,4,9-10,21-22H2,1-3,5-8H3/b16-15+. The van der Waals surface area contributed by atoms with Crippen LogP contribution in [0.15, 0.2) is 66.8 Å². The molecule has 3 nitrogen and oxygen atoms in total. The number of hydrogen-bond acceptors (Lipinski definition) is 3. The van der Waals surface area contributed by atoms with Crippen LogP contribution in [0, 0.1) is 12.3 Å². The quantitative estimate of drug-likeness (QED) is 0.266. The predicted molar refractivity (Wildman–Crippen MR) is 142 cm³/mol. The minimum absolute atomic E-state index is 0.129. The summed E-state index contributed by atoms with van der Waals surface area (Å²) in [6.45, 7) is 20.8. The van der Waals surface area contributed by atoms with Crippen LogP contribution >= 0.6 is 0 Å². The monoisotopic (exact) mass is 447 g/mol. The molecular weight excluding hydrogens is 406 g/mol. The van der Waals surface area contributed by atoms with Crippen LogP contribution < -0.4 is 4.90 Å². The minimum atomic E-state index is -0.428. The third-order valence-corrected chi connectivity index (χ3v) is 6.77. The normalized spacial score (nSPS) is 12.1. The highest BCUT2D eigenvalue weighted by Gasteiger charge is 2.27. The van der Waals surface area contributed by atoms with Gasteiger partial charge in [0.2, 0.25) is 0 Å². The Morgan fingerprint density at radius 3 is 2.24 bits per heavy atom. The molecule has 2 aromatic carbocycles. The number of esters is 1. The Bertz CT molecular complexity index is 967. The number of nitrogens with zero attached hydrogens (tertiary/aromatic N) is 1. The summed E-state index contributed by atoms with van der Waals surface area (Å²) in [7, 11) is 0. The van der Waals surface area contributed by atoms with Gasteiger partial charge in [0.05, 0.1) is 12.0 Å². The van der Waals surface area contributed by atoms with E-state index in [9.17, 15) is 4.79 Å². The lowest BCUT2D eigenvalue weighted by molar-refractivity contribution is -0.153. The van der Waals surface area contributed by atoms with E-state index >= 15 is 0 Å². The molecular formula is C30H41NO2. The van der Waals surface area contributed by atoms with Crippen molar-refractivity contribution in [1.29, 1.82) is 0 Å². The Morgan fingerprint density at radius 2 is 1.67 bits per heavy atom. The van der Waals surface area contributed by atoms with Crippen LogP contribution in [-0.2, 0) is 14.9 Å². The molecule has 33 heavy (non-hydrogen) atoms. The summed E-state index contributed by atoms with van der Waals surface area (Å²) >= 11 is 0. The van der Waals surface area contributed by atoms with E-state index in [1.807, 2.05) is 20.8 Å². The van der Waals surface area contributed by atoms with Crippen LogP contribution in [0.1, 0.15) is 64.7 Å². The summed E-state index contributed by atoms with van der Waals surface area (Å²) in [5.41, 5.74) is 5.36. The fourth-order valence-electron chi connectivity index (χ4n) is 3.71. The molecule has 0 aliphatic heterocycles. The van der Waals surface area contributed by atoms with Crippen molar-refractivity contribution in [2.45, 2.75) is 60.3 Å². The molecule has 0 N–H and O–H groups in total. The zero-order valence-corrected chi connectivity index (χ0v) is 21.6. The summed E-state index contributed by atoms with van der Waals surface area (Å²) in [6, 6.07) is 17.0. The molecule has 0 unspecified atom stereocenters. The minimum Gasteiger partial charge on any atom is -0.463 e. The van der Waals surface area contributed by atoms with E-state index in [0.717, 1.165) is 29.8 Å².